The molecule has 1 heteroatoms. The summed E-state index contributed by atoms with van der Waals surface area (Å²) in [4.78, 5) is 0. The number of aromatic nitrogens is 1. The molecule has 0 aliphatic rings. The quantitative estimate of drug-likeness (QED) is 0.148. The summed E-state index contributed by atoms with van der Waals surface area (Å²) in [6.45, 7) is 2.28. The highest BCUT2D eigenvalue weighted by Crippen LogP contribution is 2.44. The van der Waals surface area contributed by atoms with Gasteiger partial charge >= 0.3 is 0 Å². The average Bonchev–Trinajstić information content (AvgIpc) is 3.67. The number of fused-ring (bicyclic) bond motifs is 10. The second kappa shape index (κ2) is 14.2. The summed E-state index contributed by atoms with van der Waals surface area (Å²) in [5, 5.41) is 12.6. The molecule has 12 rings (SSSR count). The fourth-order valence-corrected chi connectivity index (χ4v) is 10.1. The van der Waals surface area contributed by atoms with Crippen LogP contribution >= 0.6 is 0 Å². The molecule has 1 heterocycles. The lowest BCUT2D eigenvalue weighted by Gasteiger charge is -2.19. The van der Waals surface area contributed by atoms with Crippen molar-refractivity contribution in [3.63, 3.8) is 0 Å². The number of hydrogen-bond donors (Lipinski definition) is 0. The number of rotatable bonds is 6. The van der Waals surface area contributed by atoms with E-state index in [0.29, 0.717) is 0 Å². The van der Waals surface area contributed by atoms with E-state index in [1.807, 2.05) is 0 Å². The minimum atomic E-state index is 0.945. The summed E-state index contributed by atoms with van der Waals surface area (Å²) >= 11 is 0. The van der Waals surface area contributed by atoms with Gasteiger partial charge in [-0.15, -0.1) is 0 Å². The molecule has 11 aromatic carbocycles. The monoisotopic (exact) mass is 775 g/mol. The zero-order valence-electron chi connectivity index (χ0n) is 33.9. The van der Waals surface area contributed by atoms with Crippen LogP contribution in [0.4, 0.5) is 0 Å². The van der Waals surface area contributed by atoms with Gasteiger partial charge in [0, 0.05) is 16.5 Å². The molecule has 0 saturated heterocycles. The van der Waals surface area contributed by atoms with Crippen molar-refractivity contribution in [2.24, 2.45) is 0 Å². The molecule has 0 unspecified atom stereocenters. The number of benzene rings is 11. The number of hydrogen-bond acceptors (Lipinski definition) is 0. The standard InChI is InChI=1S/C60H41N/c1-2-47-55(40-17-5-3-6-18-40)36-45(37-56(47)41-19-7-4-8-20-41)43-29-33-54-57(35-43)50-23-12-11-22-49(50)53-26-15-25-48(60(53)54)44-30-32-52-51-24-13-14-27-58(51)61(59(52)38-44)46-31-28-39-16-9-10-21-42(39)34-46/h3-38H,2H2,1H3. The molecule has 286 valence electrons. The highest BCUT2D eigenvalue weighted by molar-refractivity contribution is 6.29. The summed E-state index contributed by atoms with van der Waals surface area (Å²) in [7, 11) is 0. The van der Waals surface area contributed by atoms with Crippen LogP contribution in [0.15, 0.2) is 218 Å². The number of para-hydroxylation sites is 1. The smallest absolute Gasteiger partial charge is 0.0547 e. The molecule has 0 spiro atoms. The zero-order valence-corrected chi connectivity index (χ0v) is 33.9. The van der Waals surface area contributed by atoms with Crippen molar-refractivity contribution >= 4 is 64.9 Å². The first-order valence-corrected chi connectivity index (χ1v) is 21.4. The first-order chi connectivity index (χ1) is 30.2. The summed E-state index contributed by atoms with van der Waals surface area (Å²) < 4.78 is 2.45. The Morgan fingerprint density at radius 1 is 0.311 bits per heavy atom. The topological polar surface area (TPSA) is 4.93 Å². The fourth-order valence-electron chi connectivity index (χ4n) is 10.1. The van der Waals surface area contributed by atoms with Gasteiger partial charge in [0.25, 0.3) is 0 Å². The van der Waals surface area contributed by atoms with Crippen LogP contribution in [-0.2, 0) is 6.42 Å². The van der Waals surface area contributed by atoms with E-state index in [0.717, 1.165) is 6.42 Å². The van der Waals surface area contributed by atoms with Gasteiger partial charge in [-0.3, -0.25) is 0 Å². The van der Waals surface area contributed by atoms with E-state index < -0.39 is 0 Å². The summed E-state index contributed by atoms with van der Waals surface area (Å²) in [5.41, 5.74) is 14.9. The molecule has 1 aromatic heterocycles. The van der Waals surface area contributed by atoms with Gasteiger partial charge in [-0.25, -0.2) is 0 Å². The van der Waals surface area contributed by atoms with E-state index in [1.54, 1.807) is 0 Å². The Kier molecular flexibility index (Phi) is 8.21. The van der Waals surface area contributed by atoms with Crippen molar-refractivity contribution < 1.29 is 0 Å². The van der Waals surface area contributed by atoms with Crippen LogP contribution in [0.5, 0.6) is 0 Å². The summed E-state index contributed by atoms with van der Waals surface area (Å²) in [6, 6.07) is 80.9. The van der Waals surface area contributed by atoms with Gasteiger partial charge in [0.2, 0.25) is 0 Å². The van der Waals surface area contributed by atoms with E-state index in [-0.39, 0.29) is 0 Å². The second-order valence-electron chi connectivity index (χ2n) is 16.3. The molecule has 0 saturated carbocycles. The molecular weight excluding hydrogens is 735 g/mol. The first-order valence-electron chi connectivity index (χ1n) is 21.4. The largest absolute Gasteiger partial charge is 0.309 e. The van der Waals surface area contributed by atoms with E-state index in [2.05, 4.69) is 230 Å². The highest BCUT2D eigenvalue weighted by atomic mass is 15.0. The second-order valence-corrected chi connectivity index (χ2v) is 16.3. The maximum atomic E-state index is 2.45. The Hall–Kier alpha value is -7.74. The van der Waals surface area contributed by atoms with Crippen molar-refractivity contribution in [1.82, 2.24) is 4.57 Å². The Balaban J connectivity index is 1.10. The van der Waals surface area contributed by atoms with Gasteiger partial charge < -0.3 is 4.57 Å². The Morgan fingerprint density at radius 2 is 0.885 bits per heavy atom. The molecule has 0 amide bonds. The van der Waals surface area contributed by atoms with Crippen molar-refractivity contribution in [2.45, 2.75) is 13.3 Å². The molecule has 0 atom stereocenters. The first kappa shape index (κ1) is 35.2. The van der Waals surface area contributed by atoms with Crippen molar-refractivity contribution in [3.8, 4) is 50.2 Å². The van der Waals surface area contributed by atoms with Crippen LogP contribution in [0.1, 0.15) is 12.5 Å². The molecule has 0 aliphatic heterocycles. The van der Waals surface area contributed by atoms with E-state index in [9.17, 15) is 0 Å². The van der Waals surface area contributed by atoms with E-state index >= 15 is 0 Å². The van der Waals surface area contributed by atoms with Gasteiger partial charge in [-0.1, -0.05) is 183 Å². The lowest BCUT2D eigenvalue weighted by atomic mass is 9.85. The van der Waals surface area contributed by atoms with Crippen LogP contribution in [0.3, 0.4) is 0 Å². The van der Waals surface area contributed by atoms with Crippen LogP contribution in [0.25, 0.3) is 115 Å². The van der Waals surface area contributed by atoms with Crippen molar-refractivity contribution in [1.29, 1.82) is 0 Å². The van der Waals surface area contributed by atoms with Crippen LogP contribution < -0.4 is 0 Å². The molecular formula is C60H41N. The zero-order chi connectivity index (χ0) is 40.4. The Morgan fingerprint density at radius 3 is 1.62 bits per heavy atom. The molecule has 0 bridgehead atoms. The SMILES string of the molecule is CCc1c(-c2ccccc2)cc(-c2ccc3c(c2)c2ccccc2c2cccc(-c4ccc5c6ccccc6n(-c6ccc7ccccc7c6)c5c4)c23)cc1-c1ccccc1. The Labute approximate surface area is 355 Å². The molecule has 0 aliphatic carbocycles. The van der Waals surface area contributed by atoms with E-state index in [1.165, 1.54) is 121 Å². The third kappa shape index (κ3) is 5.69. The number of nitrogens with zero attached hydrogens (tertiary/aromatic N) is 1. The van der Waals surface area contributed by atoms with Gasteiger partial charge in [-0.2, -0.15) is 0 Å². The lowest BCUT2D eigenvalue weighted by molar-refractivity contribution is 1.14. The normalized spacial score (nSPS) is 11.8. The van der Waals surface area contributed by atoms with Crippen molar-refractivity contribution in [2.75, 3.05) is 0 Å². The molecule has 1 nitrogen and oxygen atoms in total. The predicted molar refractivity (Wildman–Crippen MR) is 262 cm³/mol. The van der Waals surface area contributed by atoms with Gasteiger partial charge in [0.15, 0.2) is 0 Å². The summed E-state index contributed by atoms with van der Waals surface area (Å²) in [6.07, 6.45) is 0.945. The Bertz CT molecular complexity index is 3610. The molecule has 61 heavy (non-hydrogen) atoms. The minimum absolute atomic E-state index is 0.945. The predicted octanol–water partition coefficient (Wildman–Crippen LogP) is 16.6. The maximum Gasteiger partial charge on any atom is 0.0547 e. The van der Waals surface area contributed by atoms with Crippen LogP contribution in [0.2, 0.25) is 0 Å². The molecule has 0 fully saturated rings. The minimum Gasteiger partial charge on any atom is -0.309 e. The summed E-state index contributed by atoms with van der Waals surface area (Å²) in [5.74, 6) is 0. The van der Waals surface area contributed by atoms with Crippen molar-refractivity contribution in [3.05, 3.63) is 224 Å². The average molecular weight is 776 g/mol. The van der Waals surface area contributed by atoms with Gasteiger partial charge in [-0.05, 0) is 142 Å². The third-order valence-corrected chi connectivity index (χ3v) is 12.9. The third-order valence-electron chi connectivity index (χ3n) is 12.9. The van der Waals surface area contributed by atoms with Gasteiger partial charge in [0.05, 0.1) is 11.0 Å². The lowest BCUT2D eigenvalue weighted by Crippen LogP contribution is -1.95. The fraction of sp³-hybridized carbons (Fsp3) is 0.0333. The molecule has 0 radical (unpaired) electrons. The van der Waals surface area contributed by atoms with E-state index in [4.69, 9.17) is 0 Å². The molecule has 12 aromatic rings. The van der Waals surface area contributed by atoms with Gasteiger partial charge in [0.1, 0.15) is 0 Å². The maximum absolute atomic E-state index is 2.45. The molecule has 0 N–H and O–H groups in total. The highest BCUT2D eigenvalue weighted by Gasteiger charge is 2.19. The van der Waals surface area contributed by atoms with Crippen LogP contribution in [0, 0.1) is 0 Å². The van der Waals surface area contributed by atoms with Crippen LogP contribution in [-0.4, -0.2) is 4.57 Å².